The van der Waals surface area contributed by atoms with Gasteiger partial charge in [0.15, 0.2) is 0 Å². The summed E-state index contributed by atoms with van der Waals surface area (Å²) < 4.78 is 35.8. The van der Waals surface area contributed by atoms with Gasteiger partial charge < -0.3 is 9.64 Å². The zero-order valence-corrected chi connectivity index (χ0v) is 22.7. The molecule has 3 aromatic rings. The summed E-state index contributed by atoms with van der Waals surface area (Å²) in [6.07, 6.45) is 4.81. The molecular weight excluding hydrogens is 548 g/mol. The minimum atomic E-state index is -3.85. The van der Waals surface area contributed by atoms with Gasteiger partial charge in [-0.2, -0.15) is 0 Å². The lowest BCUT2D eigenvalue weighted by atomic mass is 10.1. The van der Waals surface area contributed by atoms with Crippen molar-refractivity contribution in [1.82, 2.24) is 4.90 Å². The van der Waals surface area contributed by atoms with E-state index in [1.807, 2.05) is 36.4 Å². The van der Waals surface area contributed by atoms with E-state index in [-0.39, 0.29) is 11.4 Å². The minimum absolute atomic E-state index is 0.143. The molecule has 0 aliphatic carbocycles. The second-order valence-corrected chi connectivity index (χ2v) is 11.9. The first kappa shape index (κ1) is 26.0. The standard InChI is InChI=1S/C27H30BrClN2O3S/c28-23-9-6-10-25(20-23)31(35(32,33)26-14-12-24(29)13-15-26)21-22-8-2-3-11-27(22)34-19-7-18-30-16-4-1-5-17-30/h2-3,6,8-15,20H,1,4-5,7,16-19,21H2. The number of benzene rings is 3. The highest BCUT2D eigenvalue weighted by Crippen LogP contribution is 2.31. The van der Waals surface area contributed by atoms with Crippen LogP contribution >= 0.6 is 27.5 Å². The Hall–Kier alpha value is -2.06. The molecule has 0 spiro atoms. The van der Waals surface area contributed by atoms with Crippen molar-refractivity contribution in [3.63, 3.8) is 0 Å². The highest BCUT2D eigenvalue weighted by atomic mass is 79.9. The van der Waals surface area contributed by atoms with Gasteiger partial charge in [0, 0.05) is 21.6 Å². The first-order valence-electron chi connectivity index (χ1n) is 11.9. The van der Waals surface area contributed by atoms with Gasteiger partial charge in [-0.1, -0.05) is 58.2 Å². The van der Waals surface area contributed by atoms with E-state index in [1.54, 1.807) is 24.3 Å². The van der Waals surface area contributed by atoms with Crippen molar-refractivity contribution in [3.8, 4) is 5.75 Å². The number of sulfonamides is 1. The van der Waals surface area contributed by atoms with Crippen LogP contribution in [0.25, 0.3) is 0 Å². The van der Waals surface area contributed by atoms with E-state index in [4.69, 9.17) is 16.3 Å². The topological polar surface area (TPSA) is 49.9 Å². The van der Waals surface area contributed by atoms with Gasteiger partial charge in [0.2, 0.25) is 0 Å². The molecule has 0 atom stereocenters. The van der Waals surface area contributed by atoms with Gasteiger partial charge in [-0.25, -0.2) is 8.42 Å². The third kappa shape index (κ3) is 7.00. The van der Waals surface area contributed by atoms with Crippen LogP contribution in [0.5, 0.6) is 5.75 Å². The lowest BCUT2D eigenvalue weighted by Crippen LogP contribution is -2.31. The van der Waals surface area contributed by atoms with Crippen LogP contribution in [0.4, 0.5) is 5.69 Å². The lowest BCUT2D eigenvalue weighted by Gasteiger charge is -2.27. The lowest BCUT2D eigenvalue weighted by molar-refractivity contribution is 0.204. The van der Waals surface area contributed by atoms with E-state index >= 15 is 0 Å². The van der Waals surface area contributed by atoms with Crippen molar-refractivity contribution in [3.05, 3.63) is 87.9 Å². The molecule has 0 radical (unpaired) electrons. The van der Waals surface area contributed by atoms with Crippen LogP contribution in [0.15, 0.2) is 82.2 Å². The smallest absolute Gasteiger partial charge is 0.264 e. The maximum Gasteiger partial charge on any atom is 0.264 e. The molecule has 8 heteroatoms. The Morgan fingerprint density at radius 1 is 0.943 bits per heavy atom. The Labute approximate surface area is 221 Å². The van der Waals surface area contributed by atoms with E-state index in [0.29, 0.717) is 23.1 Å². The molecule has 0 saturated carbocycles. The van der Waals surface area contributed by atoms with Crippen molar-refractivity contribution in [2.45, 2.75) is 37.1 Å². The van der Waals surface area contributed by atoms with E-state index in [1.165, 1.54) is 48.8 Å². The van der Waals surface area contributed by atoms with Crippen LogP contribution in [0.1, 0.15) is 31.2 Å². The summed E-state index contributed by atoms with van der Waals surface area (Å²) in [5.74, 6) is 0.706. The summed E-state index contributed by atoms with van der Waals surface area (Å²) in [6, 6.07) is 21.2. The number of halogens is 2. The molecule has 0 unspecified atom stereocenters. The number of para-hydroxylation sites is 1. The Balaban J connectivity index is 1.55. The molecule has 4 rings (SSSR count). The molecule has 0 amide bonds. The third-order valence-corrected chi connectivity index (χ3v) is 8.64. The zero-order valence-electron chi connectivity index (χ0n) is 19.6. The monoisotopic (exact) mass is 576 g/mol. The molecule has 35 heavy (non-hydrogen) atoms. The number of rotatable bonds is 10. The SMILES string of the molecule is O=S(=O)(c1ccc(Cl)cc1)N(Cc1ccccc1OCCCN1CCCCC1)c1cccc(Br)c1. The summed E-state index contributed by atoms with van der Waals surface area (Å²) in [7, 11) is -3.85. The number of anilines is 1. The van der Waals surface area contributed by atoms with Crippen molar-refractivity contribution in [2.24, 2.45) is 0 Å². The van der Waals surface area contributed by atoms with Crippen LogP contribution < -0.4 is 9.04 Å². The van der Waals surface area contributed by atoms with Gasteiger partial charge in [-0.3, -0.25) is 4.31 Å². The van der Waals surface area contributed by atoms with Crippen molar-refractivity contribution in [1.29, 1.82) is 0 Å². The number of piperidine rings is 1. The Morgan fingerprint density at radius 3 is 2.43 bits per heavy atom. The van der Waals surface area contributed by atoms with Gasteiger partial charge in [-0.15, -0.1) is 0 Å². The fraction of sp³-hybridized carbons (Fsp3) is 0.333. The van der Waals surface area contributed by atoms with Gasteiger partial charge in [0.05, 0.1) is 23.7 Å². The van der Waals surface area contributed by atoms with E-state index < -0.39 is 10.0 Å². The average Bonchev–Trinajstić information content (AvgIpc) is 2.86. The van der Waals surface area contributed by atoms with E-state index in [2.05, 4.69) is 20.8 Å². The molecule has 3 aromatic carbocycles. The van der Waals surface area contributed by atoms with E-state index in [0.717, 1.165) is 23.0 Å². The molecule has 5 nitrogen and oxygen atoms in total. The average molecular weight is 578 g/mol. The third-order valence-electron chi connectivity index (χ3n) is 6.11. The van der Waals surface area contributed by atoms with Gasteiger partial charge in [-0.05, 0) is 80.9 Å². The highest BCUT2D eigenvalue weighted by Gasteiger charge is 2.26. The Kier molecular flexibility index (Phi) is 9.11. The quantitative estimate of drug-likeness (QED) is 0.250. The second-order valence-electron chi connectivity index (χ2n) is 8.66. The Bertz CT molecular complexity index is 1220. The first-order valence-corrected chi connectivity index (χ1v) is 14.5. The fourth-order valence-corrected chi connectivity index (χ4v) is 6.21. The maximum absolute atomic E-state index is 13.7. The molecule has 186 valence electrons. The maximum atomic E-state index is 13.7. The molecule has 0 aromatic heterocycles. The second kappa shape index (κ2) is 12.3. The highest BCUT2D eigenvalue weighted by molar-refractivity contribution is 9.10. The van der Waals surface area contributed by atoms with Crippen LogP contribution in [-0.4, -0.2) is 39.6 Å². The normalized spacial score (nSPS) is 14.6. The fourth-order valence-electron chi connectivity index (χ4n) is 4.26. The summed E-state index contributed by atoms with van der Waals surface area (Å²) in [5, 5.41) is 0.487. The summed E-state index contributed by atoms with van der Waals surface area (Å²) in [4.78, 5) is 2.67. The molecule has 0 N–H and O–H groups in total. The number of hydrogen-bond donors (Lipinski definition) is 0. The number of likely N-dealkylation sites (tertiary alicyclic amines) is 1. The van der Waals surface area contributed by atoms with Crippen LogP contribution in [0.3, 0.4) is 0 Å². The van der Waals surface area contributed by atoms with Crippen LogP contribution in [0, 0.1) is 0 Å². The summed E-state index contributed by atoms with van der Waals surface area (Å²) in [6.45, 7) is 4.09. The van der Waals surface area contributed by atoms with Gasteiger partial charge in [0.25, 0.3) is 10.0 Å². The van der Waals surface area contributed by atoms with Gasteiger partial charge in [0.1, 0.15) is 5.75 Å². The van der Waals surface area contributed by atoms with Crippen molar-refractivity contribution < 1.29 is 13.2 Å². The molecule has 1 saturated heterocycles. The molecular formula is C27H30BrClN2O3S. The number of ether oxygens (including phenoxy) is 1. The zero-order chi connectivity index (χ0) is 24.7. The van der Waals surface area contributed by atoms with E-state index in [9.17, 15) is 8.42 Å². The molecule has 1 fully saturated rings. The molecule has 0 bridgehead atoms. The van der Waals surface area contributed by atoms with Crippen molar-refractivity contribution >= 4 is 43.2 Å². The summed E-state index contributed by atoms with van der Waals surface area (Å²) >= 11 is 9.48. The molecule has 1 aliphatic rings. The predicted molar refractivity (Wildman–Crippen MR) is 146 cm³/mol. The molecule has 1 heterocycles. The Morgan fingerprint density at radius 2 is 1.69 bits per heavy atom. The van der Waals surface area contributed by atoms with Gasteiger partial charge >= 0.3 is 0 Å². The number of hydrogen-bond acceptors (Lipinski definition) is 4. The summed E-state index contributed by atoms with van der Waals surface area (Å²) in [5.41, 5.74) is 1.37. The van der Waals surface area contributed by atoms with Crippen LogP contribution in [-0.2, 0) is 16.6 Å². The minimum Gasteiger partial charge on any atom is -0.493 e. The van der Waals surface area contributed by atoms with Crippen molar-refractivity contribution in [2.75, 3.05) is 30.5 Å². The molecule has 1 aliphatic heterocycles. The van der Waals surface area contributed by atoms with Crippen LogP contribution in [0.2, 0.25) is 5.02 Å². The first-order chi connectivity index (χ1) is 16.9. The number of nitrogens with zero attached hydrogens (tertiary/aromatic N) is 2. The predicted octanol–water partition coefficient (Wildman–Crippen LogP) is 6.75. The largest absolute Gasteiger partial charge is 0.493 e.